The molecule has 0 bridgehead atoms. The molecule has 11 heteroatoms. The van der Waals surface area contributed by atoms with Crippen LogP contribution in [0.25, 0.3) is 0 Å². The van der Waals surface area contributed by atoms with Crippen LogP contribution in [0.15, 0.2) is 91.0 Å². The summed E-state index contributed by atoms with van der Waals surface area (Å²) in [6.07, 6.45) is -0.744. The molecule has 1 fully saturated rings. The third kappa shape index (κ3) is 13.3. The van der Waals surface area contributed by atoms with Gasteiger partial charge in [-0.25, -0.2) is 4.57 Å². The zero-order valence-electron chi connectivity index (χ0n) is 31.9. The highest BCUT2D eigenvalue weighted by Crippen LogP contribution is 2.53. The van der Waals surface area contributed by atoms with Gasteiger partial charge >= 0.3 is 7.82 Å². The van der Waals surface area contributed by atoms with Crippen LogP contribution in [0.5, 0.6) is 0 Å². The second-order valence-corrected chi connectivity index (χ2v) is 19.7. The van der Waals surface area contributed by atoms with Gasteiger partial charge in [-0.1, -0.05) is 138 Å². The van der Waals surface area contributed by atoms with Gasteiger partial charge in [0.1, 0.15) is 24.4 Å². The largest absolute Gasteiger partial charge is 0.477 e. The molecule has 5 atom stereocenters. The van der Waals surface area contributed by atoms with Gasteiger partial charge in [0.05, 0.1) is 39.6 Å². The maximum absolute atomic E-state index is 14.4. The molecule has 1 saturated heterocycles. The van der Waals surface area contributed by atoms with E-state index in [0.29, 0.717) is 32.7 Å². The lowest BCUT2D eigenvalue weighted by Crippen LogP contribution is -2.64. The first-order valence-corrected chi connectivity index (χ1v) is 23.2. The van der Waals surface area contributed by atoms with Crippen molar-refractivity contribution in [3.8, 4) is 0 Å². The van der Waals surface area contributed by atoms with Gasteiger partial charge in [-0.15, -0.1) is 0 Å². The van der Waals surface area contributed by atoms with Crippen LogP contribution in [0, 0.1) is 0 Å². The summed E-state index contributed by atoms with van der Waals surface area (Å²) in [6, 6.07) is 32.7. The summed E-state index contributed by atoms with van der Waals surface area (Å²) in [4.78, 5) is 0. The molecule has 52 heavy (non-hydrogen) atoms. The van der Waals surface area contributed by atoms with Gasteiger partial charge in [0, 0.05) is 0 Å². The highest BCUT2D eigenvalue weighted by molar-refractivity contribution is 7.48. The predicted molar refractivity (Wildman–Crippen MR) is 207 cm³/mol. The van der Waals surface area contributed by atoms with E-state index >= 15 is 0 Å². The Morgan fingerprint density at radius 1 is 0.615 bits per heavy atom. The molecule has 1 aliphatic rings. The minimum atomic E-state index is -4.09. The molecule has 0 N–H and O–H groups in total. The highest BCUT2D eigenvalue weighted by atomic mass is 31.2. The lowest BCUT2D eigenvalue weighted by molar-refractivity contribution is -0.299. The van der Waals surface area contributed by atoms with E-state index in [0.717, 1.165) is 47.7 Å². The summed E-state index contributed by atoms with van der Waals surface area (Å²) >= 11 is 0. The fourth-order valence-electron chi connectivity index (χ4n) is 6.17. The van der Waals surface area contributed by atoms with Gasteiger partial charge in [0.2, 0.25) is 0 Å². The van der Waals surface area contributed by atoms with Crippen LogP contribution in [-0.4, -0.2) is 58.8 Å². The Balaban J connectivity index is 1.76. The monoisotopic (exact) mass is 756 g/mol. The Morgan fingerprint density at radius 2 is 1.08 bits per heavy atom. The van der Waals surface area contributed by atoms with Crippen LogP contribution in [-0.2, 0) is 61.3 Å². The van der Waals surface area contributed by atoms with E-state index in [9.17, 15) is 4.57 Å². The molecule has 4 rings (SSSR count). The van der Waals surface area contributed by atoms with E-state index in [1.165, 1.54) is 0 Å². The molecular formula is C41H61O9PSi. The van der Waals surface area contributed by atoms with Gasteiger partial charge in [-0.05, 0) is 47.7 Å². The number of ether oxygens (including phenoxy) is 4. The van der Waals surface area contributed by atoms with E-state index in [2.05, 4.69) is 34.6 Å². The van der Waals surface area contributed by atoms with Crippen molar-refractivity contribution in [3.05, 3.63) is 108 Å². The molecule has 288 valence electrons. The number of hydrogen-bond donors (Lipinski definition) is 0. The van der Waals surface area contributed by atoms with E-state index in [-0.39, 0.29) is 19.8 Å². The molecule has 0 aromatic heterocycles. The molecule has 9 nitrogen and oxygen atoms in total. The third-order valence-electron chi connectivity index (χ3n) is 9.60. The normalized spacial score (nSPS) is 21.0. The molecule has 3 aromatic rings. The topological polar surface area (TPSA) is 90.9 Å². The number of hydrogen-bond acceptors (Lipinski definition) is 9. The lowest BCUT2D eigenvalue weighted by Gasteiger charge is -2.48. The predicted octanol–water partition coefficient (Wildman–Crippen LogP) is 10.2. The van der Waals surface area contributed by atoms with Crippen molar-refractivity contribution in [1.29, 1.82) is 0 Å². The second-order valence-electron chi connectivity index (χ2n) is 13.3. The van der Waals surface area contributed by atoms with Crippen LogP contribution >= 0.6 is 7.82 Å². The Hall–Kier alpha value is -2.21. The molecule has 3 aromatic carbocycles. The van der Waals surface area contributed by atoms with Crippen molar-refractivity contribution < 1.29 is 41.5 Å². The Kier molecular flexibility index (Phi) is 18.7. The molecule has 0 spiro atoms. The van der Waals surface area contributed by atoms with Crippen molar-refractivity contribution in [2.45, 2.75) is 129 Å². The van der Waals surface area contributed by atoms with E-state index in [1.807, 2.05) is 91.0 Å². The first-order valence-electron chi connectivity index (χ1n) is 19.2. The molecule has 0 unspecified atom stereocenters. The molecular weight excluding hydrogens is 696 g/mol. The average Bonchev–Trinajstić information content (AvgIpc) is 3.18. The molecule has 1 aliphatic heterocycles. The lowest BCUT2D eigenvalue weighted by atomic mass is 9.98. The summed E-state index contributed by atoms with van der Waals surface area (Å²) in [5.41, 5.74) is 3.06. The number of unbranched alkanes of at least 4 members (excludes halogenated alkanes) is 2. The minimum absolute atomic E-state index is 0.168. The number of benzene rings is 3. The maximum Gasteiger partial charge on any atom is 0.477 e. The first-order chi connectivity index (χ1) is 25.4. The van der Waals surface area contributed by atoms with Crippen molar-refractivity contribution in [2.75, 3.05) is 19.8 Å². The Labute approximate surface area is 313 Å². The fraction of sp³-hybridized carbons (Fsp3) is 0.561. The van der Waals surface area contributed by atoms with Gasteiger partial charge in [0.25, 0.3) is 0 Å². The van der Waals surface area contributed by atoms with Gasteiger partial charge in [-0.3, -0.25) is 13.6 Å². The SMILES string of the molecule is CCCCOP(=O)(OCCCC)O[C@H]1O[C@H](COCc2ccccc2)[C@@H](OCc2ccccc2)[C@H](OCc2ccccc2)[C@H]1O[Si](CC)(CC)CC. The average molecular weight is 757 g/mol. The molecule has 0 amide bonds. The van der Waals surface area contributed by atoms with Crippen LogP contribution in [0.3, 0.4) is 0 Å². The second kappa shape index (κ2) is 22.9. The zero-order valence-corrected chi connectivity index (χ0v) is 33.8. The summed E-state index contributed by atoms with van der Waals surface area (Å²) < 4.78 is 66.8. The molecule has 0 radical (unpaired) electrons. The third-order valence-corrected chi connectivity index (χ3v) is 15.7. The number of phosphoric acid groups is 1. The van der Waals surface area contributed by atoms with Gasteiger partial charge in [-0.2, -0.15) is 0 Å². The number of rotatable bonds is 25. The quantitative estimate of drug-likeness (QED) is 0.0476. The fourth-order valence-corrected chi connectivity index (χ4v) is 10.3. The zero-order chi connectivity index (χ0) is 37.1. The van der Waals surface area contributed by atoms with Crippen LogP contribution in [0.2, 0.25) is 18.1 Å². The molecule has 0 saturated carbocycles. The smallest absolute Gasteiger partial charge is 0.406 e. The molecule has 0 aliphatic carbocycles. The van der Waals surface area contributed by atoms with E-state index in [4.69, 9.17) is 36.9 Å². The summed E-state index contributed by atoms with van der Waals surface area (Å²) in [7, 11) is -6.43. The minimum Gasteiger partial charge on any atom is -0.406 e. The van der Waals surface area contributed by atoms with Crippen LogP contribution < -0.4 is 0 Å². The summed E-state index contributed by atoms with van der Waals surface area (Å²) in [5.74, 6) is 0. The van der Waals surface area contributed by atoms with Gasteiger partial charge < -0.3 is 23.4 Å². The standard InChI is InChI=1S/C41H61O9PSi/c1-6-11-28-46-51(42,47-29-12-7-2)49-41-40(50-52(8-3,9-4)10-5)39(45-32-36-26-20-15-21-27-36)38(44-31-35-24-18-14-19-25-35)37(48-41)33-43-30-34-22-16-13-17-23-34/h13-27,37-41H,6-12,28-33H2,1-5H3/t37-,38-,39+,40-,41-/m1/s1. The first kappa shape index (κ1) is 42.5. The summed E-state index contributed by atoms with van der Waals surface area (Å²) in [6.45, 7) is 12.3. The maximum atomic E-state index is 14.4. The van der Waals surface area contributed by atoms with Crippen LogP contribution in [0.1, 0.15) is 77.0 Å². The van der Waals surface area contributed by atoms with Crippen LogP contribution in [0.4, 0.5) is 0 Å². The van der Waals surface area contributed by atoms with Gasteiger partial charge in [0.15, 0.2) is 14.6 Å². The Morgan fingerprint density at radius 3 is 1.54 bits per heavy atom. The highest BCUT2D eigenvalue weighted by Gasteiger charge is 2.53. The van der Waals surface area contributed by atoms with Crippen molar-refractivity contribution in [2.24, 2.45) is 0 Å². The summed E-state index contributed by atoms with van der Waals surface area (Å²) in [5, 5.41) is 0. The Bertz CT molecular complexity index is 1390. The van der Waals surface area contributed by atoms with E-state index in [1.54, 1.807) is 0 Å². The van der Waals surface area contributed by atoms with E-state index < -0.39 is 46.8 Å². The van der Waals surface area contributed by atoms with Crippen molar-refractivity contribution in [1.82, 2.24) is 0 Å². The van der Waals surface area contributed by atoms with Crippen molar-refractivity contribution >= 4 is 16.1 Å². The molecule has 1 heterocycles. The number of phosphoric ester groups is 1. The van der Waals surface area contributed by atoms with Crippen molar-refractivity contribution in [3.63, 3.8) is 0 Å².